The number of aryl methyl sites for hydroxylation is 2. The van der Waals surface area contributed by atoms with Gasteiger partial charge in [0, 0.05) is 22.9 Å². The summed E-state index contributed by atoms with van der Waals surface area (Å²) >= 11 is 1.50. The van der Waals surface area contributed by atoms with Crippen LogP contribution in [-0.4, -0.2) is 21.1 Å². The van der Waals surface area contributed by atoms with E-state index in [4.69, 9.17) is 0 Å². The second-order valence-corrected chi connectivity index (χ2v) is 7.58. The van der Waals surface area contributed by atoms with Gasteiger partial charge >= 0.3 is 0 Å². The molecule has 0 fully saturated rings. The van der Waals surface area contributed by atoms with Crippen LogP contribution in [0.3, 0.4) is 0 Å². The van der Waals surface area contributed by atoms with Gasteiger partial charge in [0.15, 0.2) is 5.82 Å². The number of rotatable bonds is 5. The lowest BCUT2D eigenvalue weighted by molar-refractivity contribution is 0.102. The Kier molecular flexibility index (Phi) is 5.42. The Morgan fingerprint density at radius 3 is 2.69 bits per heavy atom. The minimum absolute atomic E-state index is 0.216. The molecule has 0 aliphatic heterocycles. The molecule has 2 heterocycles. The van der Waals surface area contributed by atoms with Crippen molar-refractivity contribution in [3.05, 3.63) is 65.0 Å². The van der Waals surface area contributed by atoms with Gasteiger partial charge in [-0.3, -0.25) is 9.89 Å². The zero-order valence-electron chi connectivity index (χ0n) is 15.3. The van der Waals surface area contributed by atoms with Crippen LogP contribution in [-0.2, 0) is 0 Å². The van der Waals surface area contributed by atoms with Crippen LogP contribution in [0.25, 0.3) is 0 Å². The van der Waals surface area contributed by atoms with Crippen LogP contribution < -0.4 is 5.32 Å². The van der Waals surface area contributed by atoms with Gasteiger partial charge in [0.1, 0.15) is 5.03 Å². The van der Waals surface area contributed by atoms with E-state index in [1.807, 2.05) is 6.07 Å². The highest BCUT2D eigenvalue weighted by Gasteiger charge is 2.16. The van der Waals surface area contributed by atoms with Crippen molar-refractivity contribution in [2.75, 3.05) is 5.32 Å². The minimum Gasteiger partial charge on any atom is -0.305 e. The molecule has 5 nitrogen and oxygen atoms in total. The number of nitrogens with zero attached hydrogens (tertiary/aromatic N) is 2. The van der Waals surface area contributed by atoms with Crippen molar-refractivity contribution >= 4 is 23.5 Å². The monoisotopic (exact) mass is 366 g/mol. The Balaban J connectivity index is 1.82. The average Bonchev–Trinajstić information content (AvgIpc) is 3.06. The van der Waals surface area contributed by atoms with E-state index in [2.05, 4.69) is 66.4 Å². The lowest BCUT2D eigenvalue weighted by Crippen LogP contribution is -2.13. The topological polar surface area (TPSA) is 70.7 Å². The van der Waals surface area contributed by atoms with E-state index < -0.39 is 0 Å². The summed E-state index contributed by atoms with van der Waals surface area (Å²) in [5, 5.41) is 10.6. The van der Waals surface area contributed by atoms with Gasteiger partial charge in [-0.15, -0.1) is 0 Å². The van der Waals surface area contributed by atoms with Gasteiger partial charge in [-0.05, 0) is 43.5 Å². The largest absolute Gasteiger partial charge is 0.305 e. The molecule has 0 aliphatic carbocycles. The van der Waals surface area contributed by atoms with Crippen LogP contribution in [0.2, 0.25) is 0 Å². The Labute approximate surface area is 157 Å². The van der Waals surface area contributed by atoms with Crippen molar-refractivity contribution in [2.45, 2.75) is 43.5 Å². The molecule has 2 N–H and O–H groups in total. The van der Waals surface area contributed by atoms with Gasteiger partial charge in [0.2, 0.25) is 0 Å². The normalized spacial score (nSPS) is 11.0. The number of nitrogens with one attached hydrogen (secondary N) is 2. The molecule has 0 atom stereocenters. The van der Waals surface area contributed by atoms with Gasteiger partial charge < -0.3 is 5.32 Å². The molecule has 134 valence electrons. The first kappa shape index (κ1) is 18.2. The van der Waals surface area contributed by atoms with Crippen molar-refractivity contribution < 1.29 is 4.79 Å². The Morgan fingerprint density at radius 1 is 1.19 bits per heavy atom. The molecule has 0 saturated carbocycles. The van der Waals surface area contributed by atoms with Crippen LogP contribution in [0.4, 0.5) is 5.82 Å². The minimum atomic E-state index is -0.216. The lowest BCUT2D eigenvalue weighted by atomic mass is 10.1. The maximum Gasteiger partial charge on any atom is 0.259 e. The quantitative estimate of drug-likeness (QED) is 0.670. The van der Waals surface area contributed by atoms with Crippen LogP contribution >= 0.6 is 11.8 Å². The fourth-order valence-corrected chi connectivity index (χ4v) is 3.49. The molecule has 6 heteroatoms. The predicted octanol–water partition coefficient (Wildman–Crippen LogP) is 4.95. The van der Waals surface area contributed by atoms with Crippen LogP contribution in [0.5, 0.6) is 0 Å². The molecule has 3 rings (SSSR count). The van der Waals surface area contributed by atoms with Gasteiger partial charge in [0.05, 0.1) is 5.56 Å². The van der Waals surface area contributed by atoms with Gasteiger partial charge in [0.25, 0.3) is 5.91 Å². The third-order valence-corrected chi connectivity index (χ3v) is 5.21. The van der Waals surface area contributed by atoms with Gasteiger partial charge in [-0.25, -0.2) is 4.98 Å². The summed E-state index contributed by atoms with van der Waals surface area (Å²) in [7, 11) is 0. The molecule has 0 bridgehead atoms. The predicted molar refractivity (Wildman–Crippen MR) is 105 cm³/mol. The van der Waals surface area contributed by atoms with Crippen molar-refractivity contribution in [3.63, 3.8) is 0 Å². The highest BCUT2D eigenvalue weighted by Crippen LogP contribution is 2.31. The van der Waals surface area contributed by atoms with Crippen LogP contribution in [0.1, 0.15) is 46.9 Å². The van der Waals surface area contributed by atoms with Crippen molar-refractivity contribution in [1.82, 2.24) is 15.2 Å². The van der Waals surface area contributed by atoms with Crippen molar-refractivity contribution in [3.8, 4) is 0 Å². The number of aromatic amines is 1. The van der Waals surface area contributed by atoms with E-state index >= 15 is 0 Å². The molecular formula is C20H22N4OS. The summed E-state index contributed by atoms with van der Waals surface area (Å²) in [4.78, 5) is 18.2. The highest BCUT2D eigenvalue weighted by atomic mass is 32.2. The molecule has 0 radical (unpaired) electrons. The second kappa shape index (κ2) is 7.74. The first-order valence-corrected chi connectivity index (χ1v) is 9.32. The number of hydrogen-bond acceptors (Lipinski definition) is 4. The standard InChI is InChI=1S/C20H22N4OS/c1-12(2)16-11-18(24-23-16)22-19(25)15-6-5-9-21-20(15)26-17-8-7-13(3)10-14(17)4/h5-12H,1-4H3,(H2,22,23,24,25). The number of benzene rings is 1. The Hall–Kier alpha value is -2.60. The van der Waals surface area contributed by atoms with E-state index in [9.17, 15) is 4.79 Å². The number of hydrogen-bond donors (Lipinski definition) is 2. The smallest absolute Gasteiger partial charge is 0.259 e. The molecule has 0 unspecified atom stereocenters. The number of aromatic nitrogens is 3. The molecule has 3 aromatic rings. The molecule has 0 aliphatic rings. The third kappa shape index (κ3) is 4.14. The third-order valence-electron chi connectivity index (χ3n) is 4.01. The van der Waals surface area contributed by atoms with Gasteiger partial charge in [-0.1, -0.05) is 43.3 Å². The number of carbonyl (C=O) groups excluding carboxylic acids is 1. The second-order valence-electron chi connectivity index (χ2n) is 6.54. The first-order chi connectivity index (χ1) is 12.4. The maximum atomic E-state index is 12.7. The van der Waals surface area contributed by atoms with E-state index in [1.54, 1.807) is 18.3 Å². The molecule has 26 heavy (non-hydrogen) atoms. The summed E-state index contributed by atoms with van der Waals surface area (Å²) in [5.41, 5.74) is 3.90. The fraction of sp³-hybridized carbons (Fsp3) is 0.250. The highest BCUT2D eigenvalue weighted by molar-refractivity contribution is 7.99. The lowest BCUT2D eigenvalue weighted by Gasteiger charge is -2.10. The summed E-state index contributed by atoms with van der Waals surface area (Å²) < 4.78 is 0. The summed E-state index contributed by atoms with van der Waals surface area (Å²) in [5.74, 6) is 0.624. The van der Waals surface area contributed by atoms with Crippen LogP contribution in [0, 0.1) is 13.8 Å². The molecular weight excluding hydrogens is 344 g/mol. The van der Waals surface area contributed by atoms with Crippen LogP contribution in [0.15, 0.2) is 52.5 Å². The maximum absolute atomic E-state index is 12.7. The van der Waals surface area contributed by atoms with E-state index in [0.29, 0.717) is 22.3 Å². The van der Waals surface area contributed by atoms with Crippen molar-refractivity contribution in [2.24, 2.45) is 0 Å². The zero-order chi connectivity index (χ0) is 18.7. The molecule has 2 aromatic heterocycles. The Morgan fingerprint density at radius 2 is 2.00 bits per heavy atom. The fourth-order valence-electron chi connectivity index (χ4n) is 2.54. The Bertz CT molecular complexity index is 933. The number of amides is 1. The summed E-state index contributed by atoms with van der Waals surface area (Å²) in [6.45, 7) is 8.27. The molecule has 1 amide bonds. The van der Waals surface area contributed by atoms with Gasteiger partial charge in [-0.2, -0.15) is 5.10 Å². The molecule has 0 spiro atoms. The summed E-state index contributed by atoms with van der Waals surface area (Å²) in [6, 6.07) is 11.7. The first-order valence-electron chi connectivity index (χ1n) is 8.51. The SMILES string of the molecule is Cc1ccc(Sc2ncccc2C(=O)Nc2cc(C(C)C)[nH]n2)c(C)c1. The van der Waals surface area contributed by atoms with E-state index in [-0.39, 0.29) is 5.91 Å². The number of H-pyrrole nitrogens is 1. The number of pyridine rings is 1. The molecule has 1 aromatic carbocycles. The average molecular weight is 366 g/mol. The molecule has 0 saturated heterocycles. The van der Waals surface area contributed by atoms with E-state index in [0.717, 1.165) is 10.6 Å². The number of carbonyl (C=O) groups is 1. The van der Waals surface area contributed by atoms with Crippen molar-refractivity contribution in [1.29, 1.82) is 0 Å². The summed E-state index contributed by atoms with van der Waals surface area (Å²) in [6.07, 6.45) is 1.70. The van der Waals surface area contributed by atoms with E-state index in [1.165, 1.54) is 22.9 Å². The zero-order valence-corrected chi connectivity index (χ0v) is 16.1. The number of anilines is 1.